The quantitative estimate of drug-likeness (QED) is 0.793. The van der Waals surface area contributed by atoms with Crippen LogP contribution in [-0.2, 0) is 18.4 Å². The van der Waals surface area contributed by atoms with Crippen molar-refractivity contribution in [3.8, 4) is 0 Å². The molecule has 0 radical (unpaired) electrons. The molecular formula is C7H9F2IN2O. The Morgan fingerprint density at radius 2 is 2.38 bits per heavy atom. The zero-order valence-corrected chi connectivity index (χ0v) is 9.16. The lowest BCUT2D eigenvalue weighted by Crippen LogP contribution is -2.05. The van der Waals surface area contributed by atoms with Crippen molar-refractivity contribution in [2.75, 3.05) is 6.61 Å². The zero-order chi connectivity index (χ0) is 9.84. The number of ether oxygens (including phenoxy) is 1. The normalized spacial score (nSPS) is 11.2. The monoisotopic (exact) mass is 302 g/mol. The number of hydrogen-bond donors (Lipinski definition) is 0. The Kier molecular flexibility index (Phi) is 4.04. The first-order valence-corrected chi connectivity index (χ1v) is 4.71. The molecule has 0 spiro atoms. The van der Waals surface area contributed by atoms with Gasteiger partial charge in [0.2, 0.25) is 0 Å². The van der Waals surface area contributed by atoms with Crippen molar-refractivity contribution in [1.82, 2.24) is 9.78 Å². The second-order valence-electron chi connectivity index (χ2n) is 2.50. The Morgan fingerprint density at radius 1 is 1.69 bits per heavy atom. The summed E-state index contributed by atoms with van der Waals surface area (Å²) in [6.45, 7) is -0.393. The third-order valence-electron chi connectivity index (χ3n) is 1.34. The van der Waals surface area contributed by atoms with Crippen LogP contribution >= 0.6 is 22.6 Å². The molecule has 0 saturated carbocycles. The van der Waals surface area contributed by atoms with E-state index in [9.17, 15) is 8.78 Å². The van der Waals surface area contributed by atoms with E-state index in [1.54, 1.807) is 11.7 Å². The van der Waals surface area contributed by atoms with E-state index in [1.807, 2.05) is 6.20 Å². The average molecular weight is 302 g/mol. The van der Waals surface area contributed by atoms with Crippen molar-refractivity contribution in [3.63, 3.8) is 0 Å². The van der Waals surface area contributed by atoms with Gasteiger partial charge in [-0.15, -0.1) is 0 Å². The Hall–Kier alpha value is -0.240. The fourth-order valence-electron chi connectivity index (χ4n) is 0.848. The molecule has 0 unspecified atom stereocenters. The van der Waals surface area contributed by atoms with Gasteiger partial charge in [0.05, 0.1) is 10.2 Å². The summed E-state index contributed by atoms with van der Waals surface area (Å²) in [5, 5.41) is 4.05. The molecule has 3 nitrogen and oxygen atoms in total. The van der Waals surface area contributed by atoms with Crippen LogP contribution < -0.4 is 0 Å². The first-order valence-electron chi connectivity index (χ1n) is 3.63. The number of aromatic nitrogens is 2. The van der Waals surface area contributed by atoms with Crippen molar-refractivity contribution in [1.29, 1.82) is 0 Å². The second kappa shape index (κ2) is 4.85. The van der Waals surface area contributed by atoms with Crippen LogP contribution in [0, 0.1) is 3.57 Å². The van der Waals surface area contributed by atoms with Gasteiger partial charge in [-0.05, 0) is 22.6 Å². The number of nitrogens with zero attached hydrogens (tertiary/aromatic N) is 2. The molecule has 0 aromatic carbocycles. The molecule has 1 heterocycles. The summed E-state index contributed by atoms with van der Waals surface area (Å²) in [6, 6.07) is 0. The van der Waals surface area contributed by atoms with Crippen LogP contribution in [0.4, 0.5) is 8.78 Å². The maximum Gasteiger partial charge on any atom is 0.261 e. The SMILES string of the molecule is Cn1cc(I)c(COCC(F)F)n1. The van der Waals surface area contributed by atoms with Crippen molar-refractivity contribution in [2.45, 2.75) is 13.0 Å². The van der Waals surface area contributed by atoms with Crippen LogP contribution in [0.1, 0.15) is 5.69 Å². The highest BCUT2D eigenvalue weighted by Gasteiger charge is 2.07. The van der Waals surface area contributed by atoms with E-state index in [0.717, 1.165) is 3.57 Å². The Bertz CT molecular complexity index is 277. The molecule has 0 aliphatic rings. The Balaban J connectivity index is 2.40. The number of rotatable bonds is 4. The third kappa shape index (κ3) is 3.55. The number of hydrogen-bond acceptors (Lipinski definition) is 2. The van der Waals surface area contributed by atoms with E-state index >= 15 is 0 Å². The molecule has 0 atom stereocenters. The van der Waals surface area contributed by atoms with E-state index < -0.39 is 13.0 Å². The van der Waals surface area contributed by atoms with Crippen LogP contribution in [0.2, 0.25) is 0 Å². The molecule has 0 bridgehead atoms. The number of aryl methyl sites for hydroxylation is 1. The van der Waals surface area contributed by atoms with E-state index in [4.69, 9.17) is 4.74 Å². The largest absolute Gasteiger partial charge is 0.369 e. The summed E-state index contributed by atoms with van der Waals surface area (Å²) in [5.74, 6) is 0. The molecule has 0 aliphatic carbocycles. The van der Waals surface area contributed by atoms with Crippen LogP contribution in [0.25, 0.3) is 0 Å². The lowest BCUT2D eigenvalue weighted by molar-refractivity contribution is 0.00852. The van der Waals surface area contributed by atoms with Crippen LogP contribution in [0.15, 0.2) is 6.20 Å². The summed E-state index contributed by atoms with van der Waals surface area (Å²) >= 11 is 2.09. The van der Waals surface area contributed by atoms with E-state index in [2.05, 4.69) is 27.7 Å². The lowest BCUT2D eigenvalue weighted by atomic mass is 10.5. The van der Waals surface area contributed by atoms with Gasteiger partial charge in [-0.1, -0.05) is 0 Å². The van der Waals surface area contributed by atoms with Crippen molar-refractivity contribution < 1.29 is 13.5 Å². The zero-order valence-electron chi connectivity index (χ0n) is 7.01. The van der Waals surface area contributed by atoms with Crippen molar-refractivity contribution in [3.05, 3.63) is 15.5 Å². The Morgan fingerprint density at radius 3 is 2.85 bits per heavy atom. The van der Waals surface area contributed by atoms with Crippen molar-refractivity contribution >= 4 is 22.6 Å². The summed E-state index contributed by atoms with van der Waals surface area (Å²) in [6.07, 6.45) is -0.608. The minimum atomic E-state index is -2.42. The number of halogens is 3. The summed E-state index contributed by atoms with van der Waals surface area (Å²) in [7, 11) is 1.78. The summed E-state index contributed by atoms with van der Waals surface area (Å²) in [4.78, 5) is 0. The van der Waals surface area contributed by atoms with Gasteiger partial charge in [0.1, 0.15) is 12.3 Å². The molecule has 1 aromatic rings. The van der Waals surface area contributed by atoms with Gasteiger partial charge in [-0.3, -0.25) is 4.68 Å². The van der Waals surface area contributed by atoms with E-state index in [0.29, 0.717) is 5.69 Å². The molecule has 0 fully saturated rings. The first kappa shape index (κ1) is 10.8. The molecule has 0 N–H and O–H groups in total. The van der Waals surface area contributed by atoms with Gasteiger partial charge in [0.25, 0.3) is 6.43 Å². The van der Waals surface area contributed by atoms with Crippen LogP contribution in [0.3, 0.4) is 0 Å². The van der Waals surface area contributed by atoms with Crippen LogP contribution in [-0.4, -0.2) is 22.8 Å². The molecule has 0 aliphatic heterocycles. The molecule has 74 valence electrons. The van der Waals surface area contributed by atoms with Gasteiger partial charge < -0.3 is 4.74 Å². The summed E-state index contributed by atoms with van der Waals surface area (Å²) in [5.41, 5.74) is 0.698. The first-order chi connectivity index (χ1) is 6.09. The number of alkyl halides is 2. The van der Waals surface area contributed by atoms with Gasteiger partial charge in [-0.25, -0.2) is 8.78 Å². The average Bonchev–Trinajstić information content (AvgIpc) is 2.29. The minimum absolute atomic E-state index is 0.142. The molecular weight excluding hydrogens is 293 g/mol. The van der Waals surface area contributed by atoms with E-state index in [-0.39, 0.29) is 6.61 Å². The highest BCUT2D eigenvalue weighted by molar-refractivity contribution is 14.1. The van der Waals surface area contributed by atoms with Gasteiger partial charge in [0, 0.05) is 13.2 Å². The molecule has 0 saturated heterocycles. The molecule has 6 heteroatoms. The standard InChI is InChI=1S/C7H9F2IN2O/c1-12-2-5(10)6(11-12)3-13-4-7(8)9/h2,7H,3-4H2,1H3. The fraction of sp³-hybridized carbons (Fsp3) is 0.571. The van der Waals surface area contributed by atoms with E-state index in [1.165, 1.54) is 0 Å². The summed E-state index contributed by atoms with van der Waals surface area (Å²) < 4.78 is 30.7. The molecule has 13 heavy (non-hydrogen) atoms. The lowest BCUT2D eigenvalue weighted by Gasteiger charge is -2.00. The van der Waals surface area contributed by atoms with Crippen molar-refractivity contribution in [2.24, 2.45) is 7.05 Å². The molecule has 1 rings (SSSR count). The predicted octanol–water partition coefficient (Wildman–Crippen LogP) is 1.81. The third-order valence-corrected chi connectivity index (χ3v) is 2.24. The maximum absolute atomic E-state index is 11.7. The van der Waals surface area contributed by atoms with Gasteiger partial charge in [0.15, 0.2) is 0 Å². The molecule has 0 amide bonds. The van der Waals surface area contributed by atoms with Gasteiger partial charge in [-0.2, -0.15) is 5.10 Å². The molecule has 1 aromatic heterocycles. The minimum Gasteiger partial charge on any atom is -0.369 e. The van der Waals surface area contributed by atoms with Gasteiger partial charge >= 0.3 is 0 Å². The smallest absolute Gasteiger partial charge is 0.261 e. The topological polar surface area (TPSA) is 27.1 Å². The highest BCUT2D eigenvalue weighted by atomic mass is 127. The highest BCUT2D eigenvalue weighted by Crippen LogP contribution is 2.10. The Labute approximate surface area is 88.2 Å². The fourth-order valence-corrected chi connectivity index (χ4v) is 1.51. The maximum atomic E-state index is 11.7. The van der Waals surface area contributed by atoms with Crippen LogP contribution in [0.5, 0.6) is 0 Å². The second-order valence-corrected chi connectivity index (χ2v) is 3.67. The predicted molar refractivity (Wildman–Crippen MR) is 51.6 cm³/mol.